The second-order valence-electron chi connectivity index (χ2n) is 6.45. The van der Waals surface area contributed by atoms with E-state index in [0.717, 1.165) is 36.6 Å². The second kappa shape index (κ2) is 5.77. The molecule has 6 heteroatoms. The van der Waals surface area contributed by atoms with E-state index >= 15 is 0 Å². The molecule has 0 radical (unpaired) electrons. The van der Waals surface area contributed by atoms with Crippen molar-refractivity contribution in [2.75, 3.05) is 19.6 Å². The number of nitrogens with zero attached hydrogens (tertiary/aromatic N) is 3. The van der Waals surface area contributed by atoms with E-state index in [1.807, 2.05) is 29.2 Å². The maximum Gasteiger partial charge on any atom is 0.254 e. The number of hydrogen-bond acceptors (Lipinski definition) is 4. The van der Waals surface area contributed by atoms with Crippen LogP contribution < -0.4 is 5.32 Å². The summed E-state index contributed by atoms with van der Waals surface area (Å²) in [6, 6.07) is 7.84. The predicted octanol–water partition coefficient (Wildman–Crippen LogP) is 1.78. The summed E-state index contributed by atoms with van der Waals surface area (Å²) in [7, 11) is 0. The molecule has 1 amide bonds. The predicted molar refractivity (Wildman–Crippen MR) is 87.2 cm³/mol. The maximum atomic E-state index is 12.6. The summed E-state index contributed by atoms with van der Waals surface area (Å²) in [5, 5.41) is 10.6. The van der Waals surface area contributed by atoms with Crippen molar-refractivity contribution in [3.05, 3.63) is 35.7 Å². The lowest BCUT2D eigenvalue weighted by molar-refractivity contribution is 0.0656. The van der Waals surface area contributed by atoms with Crippen LogP contribution in [0.5, 0.6) is 0 Å². The zero-order chi connectivity index (χ0) is 15.8. The highest BCUT2D eigenvalue weighted by atomic mass is 16.2. The third-order valence-electron chi connectivity index (χ3n) is 4.62. The quantitative estimate of drug-likeness (QED) is 0.906. The van der Waals surface area contributed by atoms with Crippen LogP contribution in [0.4, 0.5) is 0 Å². The van der Waals surface area contributed by atoms with E-state index in [4.69, 9.17) is 0 Å². The fraction of sp³-hybridized carbons (Fsp3) is 0.471. The Bertz CT molecular complexity index is 704. The summed E-state index contributed by atoms with van der Waals surface area (Å²) in [6.45, 7) is 4.54. The van der Waals surface area contributed by atoms with Gasteiger partial charge in [-0.3, -0.25) is 9.89 Å². The van der Waals surface area contributed by atoms with Gasteiger partial charge in [0, 0.05) is 42.7 Å². The largest absolute Gasteiger partial charge is 0.333 e. The lowest BCUT2D eigenvalue weighted by Crippen LogP contribution is -2.52. The molecule has 4 rings (SSSR count). The first kappa shape index (κ1) is 14.4. The molecule has 2 aliphatic rings. The van der Waals surface area contributed by atoms with Gasteiger partial charge in [-0.2, -0.15) is 5.10 Å². The van der Waals surface area contributed by atoms with Crippen LogP contribution in [-0.2, 0) is 0 Å². The van der Waals surface area contributed by atoms with Gasteiger partial charge >= 0.3 is 0 Å². The van der Waals surface area contributed by atoms with Gasteiger partial charge in [-0.15, -0.1) is 0 Å². The molecular formula is C17H21N5O. The molecule has 2 heterocycles. The number of H-pyrrole nitrogens is 1. The van der Waals surface area contributed by atoms with E-state index < -0.39 is 0 Å². The monoisotopic (exact) mass is 311 g/mol. The van der Waals surface area contributed by atoms with Crippen molar-refractivity contribution in [1.29, 1.82) is 0 Å². The van der Waals surface area contributed by atoms with E-state index in [2.05, 4.69) is 27.4 Å². The van der Waals surface area contributed by atoms with Crippen molar-refractivity contribution >= 4 is 5.91 Å². The van der Waals surface area contributed by atoms with Crippen molar-refractivity contribution < 1.29 is 4.79 Å². The number of aromatic nitrogens is 3. The summed E-state index contributed by atoms with van der Waals surface area (Å²) < 4.78 is 0. The van der Waals surface area contributed by atoms with Crippen molar-refractivity contribution in [2.45, 2.75) is 31.7 Å². The van der Waals surface area contributed by atoms with Crippen LogP contribution in [0, 0.1) is 0 Å². The third kappa shape index (κ3) is 2.86. The molecule has 1 aromatic heterocycles. The third-order valence-corrected chi connectivity index (χ3v) is 4.62. The Balaban J connectivity index is 1.51. The topological polar surface area (TPSA) is 73.9 Å². The molecule has 6 nitrogen and oxygen atoms in total. The molecule has 1 aliphatic heterocycles. The molecule has 0 bridgehead atoms. The zero-order valence-electron chi connectivity index (χ0n) is 13.2. The van der Waals surface area contributed by atoms with E-state index in [0.29, 0.717) is 11.7 Å². The Morgan fingerprint density at radius 1 is 1.26 bits per heavy atom. The standard InChI is InChI=1S/C17H21N5O/c1-11-10-18-8-9-22(11)17(23)14-6-4-13(5-7-14)16-19-15(20-21-16)12-2-3-12/h4-7,11-12,18H,2-3,8-10H2,1H3,(H,19,20,21). The van der Waals surface area contributed by atoms with Crippen molar-refractivity contribution in [3.8, 4) is 11.4 Å². The minimum Gasteiger partial charge on any atom is -0.333 e. The van der Waals surface area contributed by atoms with Crippen LogP contribution in [0.15, 0.2) is 24.3 Å². The van der Waals surface area contributed by atoms with Gasteiger partial charge in [-0.1, -0.05) is 12.1 Å². The normalized spacial score (nSPS) is 21.4. The van der Waals surface area contributed by atoms with E-state index in [1.54, 1.807) is 0 Å². The minimum atomic E-state index is 0.0965. The first-order valence-corrected chi connectivity index (χ1v) is 8.27. The van der Waals surface area contributed by atoms with Crippen LogP contribution in [0.2, 0.25) is 0 Å². The van der Waals surface area contributed by atoms with Crippen LogP contribution in [0.1, 0.15) is 41.9 Å². The maximum absolute atomic E-state index is 12.6. The molecule has 1 atom stereocenters. The molecular weight excluding hydrogens is 290 g/mol. The highest BCUT2D eigenvalue weighted by Crippen LogP contribution is 2.38. The number of rotatable bonds is 3. The number of carbonyl (C=O) groups is 1. The van der Waals surface area contributed by atoms with Crippen molar-refractivity contribution in [1.82, 2.24) is 25.4 Å². The number of hydrogen-bond donors (Lipinski definition) is 2. The Labute approximate surface area is 135 Å². The van der Waals surface area contributed by atoms with E-state index in [9.17, 15) is 4.79 Å². The fourth-order valence-corrected chi connectivity index (χ4v) is 3.01. The van der Waals surface area contributed by atoms with Crippen LogP contribution in [0.3, 0.4) is 0 Å². The fourth-order valence-electron chi connectivity index (χ4n) is 3.01. The average molecular weight is 311 g/mol. The lowest BCUT2D eigenvalue weighted by atomic mass is 10.1. The van der Waals surface area contributed by atoms with Gasteiger partial charge in [-0.25, -0.2) is 4.98 Å². The SMILES string of the molecule is CC1CNCCN1C(=O)c1ccc(-c2n[nH]c(C3CC3)n2)cc1. The van der Waals surface area contributed by atoms with Crippen molar-refractivity contribution in [2.24, 2.45) is 0 Å². The van der Waals surface area contributed by atoms with E-state index in [-0.39, 0.29) is 11.9 Å². The summed E-state index contributed by atoms with van der Waals surface area (Å²) in [6.07, 6.45) is 2.40. The Hall–Kier alpha value is -2.21. The number of amides is 1. The molecule has 23 heavy (non-hydrogen) atoms. The molecule has 0 spiro atoms. The average Bonchev–Trinajstić information content (AvgIpc) is 3.32. The summed E-state index contributed by atoms with van der Waals surface area (Å²) >= 11 is 0. The number of aromatic amines is 1. The number of benzene rings is 1. The zero-order valence-corrected chi connectivity index (χ0v) is 13.2. The molecule has 2 fully saturated rings. The van der Waals surface area contributed by atoms with Gasteiger partial charge in [0.05, 0.1) is 0 Å². The Kier molecular flexibility index (Phi) is 3.61. The second-order valence-corrected chi connectivity index (χ2v) is 6.45. The minimum absolute atomic E-state index is 0.0965. The molecule has 2 aromatic rings. The summed E-state index contributed by atoms with van der Waals surface area (Å²) in [5.41, 5.74) is 1.67. The molecule has 1 saturated carbocycles. The van der Waals surface area contributed by atoms with E-state index in [1.165, 1.54) is 12.8 Å². The smallest absolute Gasteiger partial charge is 0.254 e. The molecule has 1 saturated heterocycles. The number of carbonyl (C=O) groups excluding carboxylic acids is 1. The lowest BCUT2D eigenvalue weighted by Gasteiger charge is -2.34. The van der Waals surface area contributed by atoms with Gasteiger partial charge in [0.15, 0.2) is 5.82 Å². The Morgan fingerprint density at radius 2 is 2.04 bits per heavy atom. The number of nitrogens with one attached hydrogen (secondary N) is 2. The van der Waals surface area contributed by atoms with Crippen molar-refractivity contribution in [3.63, 3.8) is 0 Å². The molecule has 1 aromatic carbocycles. The van der Waals surface area contributed by atoms with Crippen LogP contribution >= 0.6 is 0 Å². The summed E-state index contributed by atoms with van der Waals surface area (Å²) in [4.78, 5) is 19.1. The van der Waals surface area contributed by atoms with Gasteiger partial charge in [0.2, 0.25) is 0 Å². The highest BCUT2D eigenvalue weighted by Gasteiger charge is 2.27. The highest BCUT2D eigenvalue weighted by molar-refractivity contribution is 5.95. The van der Waals surface area contributed by atoms with Crippen LogP contribution in [0.25, 0.3) is 11.4 Å². The molecule has 2 N–H and O–H groups in total. The Morgan fingerprint density at radius 3 is 2.74 bits per heavy atom. The first-order chi connectivity index (χ1) is 11.2. The molecule has 1 unspecified atom stereocenters. The van der Waals surface area contributed by atoms with Crippen LogP contribution in [-0.4, -0.2) is 51.7 Å². The molecule has 1 aliphatic carbocycles. The summed E-state index contributed by atoms with van der Waals surface area (Å²) in [5.74, 6) is 2.35. The number of piperazine rings is 1. The molecule has 120 valence electrons. The van der Waals surface area contributed by atoms with Gasteiger partial charge < -0.3 is 10.2 Å². The first-order valence-electron chi connectivity index (χ1n) is 8.27. The van der Waals surface area contributed by atoms with Gasteiger partial charge in [-0.05, 0) is 31.9 Å². The van der Waals surface area contributed by atoms with Gasteiger partial charge in [0.1, 0.15) is 5.82 Å². The van der Waals surface area contributed by atoms with Gasteiger partial charge in [0.25, 0.3) is 5.91 Å².